The van der Waals surface area contributed by atoms with Crippen molar-refractivity contribution < 1.29 is 19.1 Å². The number of ether oxygens (including phenoxy) is 2. The summed E-state index contributed by atoms with van der Waals surface area (Å²) >= 11 is 0. The van der Waals surface area contributed by atoms with E-state index < -0.39 is 0 Å². The van der Waals surface area contributed by atoms with E-state index in [0.29, 0.717) is 42.0 Å². The zero-order chi connectivity index (χ0) is 28.6. The molecule has 8 nitrogen and oxygen atoms in total. The second-order valence-corrected chi connectivity index (χ2v) is 12.4. The zero-order valence-electron chi connectivity index (χ0n) is 25.1. The zero-order valence-corrected chi connectivity index (χ0v) is 25.1. The molecular weight excluding hydrogens is 504 g/mol. The lowest BCUT2D eigenvalue weighted by Gasteiger charge is -2.50. The van der Waals surface area contributed by atoms with Crippen LogP contribution in [0.2, 0.25) is 0 Å². The molecule has 2 amide bonds. The third-order valence-electron chi connectivity index (χ3n) is 9.49. The number of amides is 2. The number of fused-ring (bicyclic) bond motifs is 2. The normalized spacial score (nSPS) is 19.8. The number of methoxy groups -OCH3 is 1. The smallest absolute Gasteiger partial charge is 0.270 e. The van der Waals surface area contributed by atoms with E-state index in [1.54, 1.807) is 13.2 Å². The molecule has 1 spiro atoms. The number of benzene rings is 1. The number of likely N-dealkylation sites (tertiary alicyclic amines) is 2. The fourth-order valence-corrected chi connectivity index (χ4v) is 6.94. The van der Waals surface area contributed by atoms with Crippen molar-refractivity contribution in [1.82, 2.24) is 19.3 Å². The summed E-state index contributed by atoms with van der Waals surface area (Å²) in [6, 6.07) is 9.64. The Balaban J connectivity index is 1.30. The van der Waals surface area contributed by atoms with Crippen LogP contribution in [-0.4, -0.2) is 84.1 Å². The summed E-state index contributed by atoms with van der Waals surface area (Å²) in [4.78, 5) is 33.6. The Morgan fingerprint density at radius 1 is 0.850 bits per heavy atom. The van der Waals surface area contributed by atoms with Crippen molar-refractivity contribution in [3.05, 3.63) is 47.3 Å². The minimum Gasteiger partial charge on any atom is -0.493 e. The number of piperidine rings is 2. The lowest BCUT2D eigenvalue weighted by molar-refractivity contribution is 0.0124. The van der Waals surface area contributed by atoms with Crippen LogP contribution in [0.1, 0.15) is 79.9 Å². The summed E-state index contributed by atoms with van der Waals surface area (Å²) in [6.45, 7) is 13.2. The van der Waals surface area contributed by atoms with E-state index in [9.17, 15) is 9.59 Å². The lowest BCUT2D eigenvalue weighted by Crippen LogP contribution is -2.57. The first-order valence-electron chi connectivity index (χ1n) is 15.0. The molecule has 1 aromatic carbocycles. The molecule has 0 radical (unpaired) electrons. The highest BCUT2D eigenvalue weighted by molar-refractivity contribution is 5.95. The van der Waals surface area contributed by atoms with E-state index in [4.69, 9.17) is 9.47 Å². The third-order valence-corrected chi connectivity index (χ3v) is 9.49. The maximum absolute atomic E-state index is 13.6. The van der Waals surface area contributed by atoms with E-state index in [0.717, 1.165) is 57.6 Å². The lowest BCUT2D eigenvalue weighted by atomic mass is 9.81. The van der Waals surface area contributed by atoms with Crippen LogP contribution < -0.4 is 9.47 Å². The van der Waals surface area contributed by atoms with Crippen LogP contribution in [0.25, 0.3) is 0 Å². The van der Waals surface area contributed by atoms with Crippen LogP contribution >= 0.6 is 0 Å². The van der Waals surface area contributed by atoms with Gasteiger partial charge >= 0.3 is 0 Å². The van der Waals surface area contributed by atoms with Crippen molar-refractivity contribution in [2.45, 2.75) is 71.6 Å². The molecule has 8 heteroatoms. The van der Waals surface area contributed by atoms with Gasteiger partial charge in [-0.15, -0.1) is 0 Å². The van der Waals surface area contributed by atoms with Crippen molar-refractivity contribution >= 4 is 11.8 Å². The fourth-order valence-electron chi connectivity index (χ4n) is 6.94. The van der Waals surface area contributed by atoms with Gasteiger partial charge in [-0.2, -0.15) is 0 Å². The topological polar surface area (TPSA) is 67.2 Å². The van der Waals surface area contributed by atoms with E-state index in [2.05, 4.69) is 41.3 Å². The van der Waals surface area contributed by atoms with E-state index >= 15 is 0 Å². The van der Waals surface area contributed by atoms with Crippen LogP contribution in [0.3, 0.4) is 0 Å². The van der Waals surface area contributed by atoms with Gasteiger partial charge in [0, 0.05) is 50.5 Å². The van der Waals surface area contributed by atoms with Gasteiger partial charge < -0.3 is 23.8 Å². The van der Waals surface area contributed by atoms with Gasteiger partial charge in [-0.3, -0.25) is 14.5 Å². The number of carbonyl (C=O) groups is 2. The van der Waals surface area contributed by atoms with Gasteiger partial charge in [0.25, 0.3) is 11.8 Å². The molecule has 218 valence electrons. The monoisotopic (exact) mass is 550 g/mol. The van der Waals surface area contributed by atoms with E-state index in [-0.39, 0.29) is 23.5 Å². The molecule has 40 heavy (non-hydrogen) atoms. The molecule has 2 fully saturated rings. The van der Waals surface area contributed by atoms with Crippen LogP contribution in [-0.2, 0) is 12.1 Å². The highest BCUT2D eigenvalue weighted by atomic mass is 16.5. The first-order valence-corrected chi connectivity index (χ1v) is 15.0. The van der Waals surface area contributed by atoms with Crippen LogP contribution in [0, 0.1) is 11.8 Å². The van der Waals surface area contributed by atoms with Crippen molar-refractivity contribution in [3.8, 4) is 11.5 Å². The summed E-state index contributed by atoms with van der Waals surface area (Å²) in [6.07, 6.45) is 3.87. The number of likely N-dealkylation sites (N-methyl/N-ethyl adjacent to an activating group) is 1. The second-order valence-electron chi connectivity index (χ2n) is 12.4. The van der Waals surface area contributed by atoms with E-state index in [1.165, 1.54) is 5.69 Å². The molecule has 0 aliphatic carbocycles. The number of nitrogens with zero attached hydrogens (tertiary/aromatic N) is 4. The highest BCUT2D eigenvalue weighted by Crippen LogP contribution is 2.42. The highest BCUT2D eigenvalue weighted by Gasteiger charge is 2.45. The minimum atomic E-state index is -0.176. The van der Waals surface area contributed by atoms with Gasteiger partial charge in [-0.25, -0.2) is 0 Å². The summed E-state index contributed by atoms with van der Waals surface area (Å²) in [5.74, 6) is 2.78. The molecule has 0 bridgehead atoms. The molecule has 2 aromatic rings. The Bertz CT molecular complexity index is 1220. The Morgan fingerprint density at radius 2 is 1.52 bits per heavy atom. The molecule has 2 saturated heterocycles. The van der Waals surface area contributed by atoms with Crippen LogP contribution in [0.5, 0.6) is 11.5 Å². The van der Waals surface area contributed by atoms with Crippen molar-refractivity contribution in [1.29, 1.82) is 0 Å². The molecule has 0 saturated carbocycles. The molecular formula is C32H46N4O4. The molecule has 5 rings (SSSR count). The summed E-state index contributed by atoms with van der Waals surface area (Å²) < 4.78 is 13.6. The van der Waals surface area contributed by atoms with Gasteiger partial charge in [0.2, 0.25) is 0 Å². The molecule has 3 aliphatic rings. The maximum atomic E-state index is 13.6. The number of carbonyl (C=O) groups excluding carboxylic acids is 2. The minimum absolute atomic E-state index is 0.0127. The van der Waals surface area contributed by atoms with Gasteiger partial charge in [0.1, 0.15) is 5.69 Å². The molecule has 1 aromatic heterocycles. The van der Waals surface area contributed by atoms with Crippen LogP contribution in [0.15, 0.2) is 30.3 Å². The molecule has 3 aliphatic heterocycles. The predicted octanol–water partition coefficient (Wildman–Crippen LogP) is 4.87. The number of aromatic nitrogens is 1. The number of hydrogen-bond donors (Lipinski definition) is 0. The fraction of sp³-hybridized carbons (Fsp3) is 0.625. The first-order chi connectivity index (χ1) is 19.1. The average Bonchev–Trinajstić information content (AvgIpc) is 3.40. The van der Waals surface area contributed by atoms with Crippen LogP contribution in [0.4, 0.5) is 0 Å². The molecule has 0 unspecified atom stereocenters. The van der Waals surface area contributed by atoms with Gasteiger partial charge in [0.15, 0.2) is 11.5 Å². The largest absolute Gasteiger partial charge is 0.493 e. The SMILES string of the molecule is COc1cc(C(=O)N2CCC3(CC2)c2ccc(C(=O)N4CCC(C(C)C)CC4)n2CCN3C)ccc1OC(C)C. The maximum Gasteiger partial charge on any atom is 0.270 e. The van der Waals surface area contributed by atoms with Crippen molar-refractivity contribution in [2.75, 3.05) is 46.9 Å². The Hall–Kier alpha value is -3.00. The quantitative estimate of drug-likeness (QED) is 0.514. The van der Waals surface area contributed by atoms with Crippen molar-refractivity contribution in [2.24, 2.45) is 11.8 Å². The Morgan fingerprint density at radius 3 is 2.15 bits per heavy atom. The van der Waals surface area contributed by atoms with E-state index in [1.807, 2.05) is 36.9 Å². The first kappa shape index (κ1) is 28.5. The molecule has 0 atom stereocenters. The number of rotatable bonds is 6. The Labute approximate surface area is 239 Å². The third kappa shape index (κ3) is 5.22. The standard InChI is InChI=1S/C32H46N4O4/c1-22(2)24-11-15-34(16-12-24)31(38)26-8-10-29-32(33(5)19-20-36(26)29)13-17-35(18-14-32)30(37)25-7-9-27(40-23(3)4)28(21-25)39-6/h7-10,21-24H,11-20H2,1-6H3. The van der Waals surface area contributed by atoms with Crippen molar-refractivity contribution in [3.63, 3.8) is 0 Å². The Kier molecular flexibility index (Phi) is 8.18. The summed E-state index contributed by atoms with van der Waals surface area (Å²) in [5.41, 5.74) is 2.47. The predicted molar refractivity (Wildman–Crippen MR) is 156 cm³/mol. The molecule has 0 N–H and O–H groups in total. The summed E-state index contributed by atoms with van der Waals surface area (Å²) in [5, 5.41) is 0. The second kappa shape index (κ2) is 11.5. The summed E-state index contributed by atoms with van der Waals surface area (Å²) in [7, 11) is 3.78. The van der Waals surface area contributed by atoms with Gasteiger partial charge in [0.05, 0.1) is 18.8 Å². The average molecular weight is 551 g/mol. The van der Waals surface area contributed by atoms with Gasteiger partial charge in [-0.05, 0) is 88.7 Å². The molecule has 4 heterocycles. The number of hydrogen-bond acceptors (Lipinski definition) is 5. The van der Waals surface area contributed by atoms with Gasteiger partial charge in [-0.1, -0.05) is 13.8 Å².